The zero-order chi connectivity index (χ0) is 18.6. The van der Waals surface area contributed by atoms with Gasteiger partial charge in [0.1, 0.15) is 21.9 Å². The van der Waals surface area contributed by atoms with Crippen LogP contribution in [0.2, 0.25) is 0 Å². The Hall–Kier alpha value is -2.22. The molecule has 3 rings (SSSR count). The summed E-state index contributed by atoms with van der Waals surface area (Å²) in [5.41, 5.74) is 2.13. The van der Waals surface area contributed by atoms with Gasteiger partial charge >= 0.3 is 0 Å². The second-order valence-electron chi connectivity index (χ2n) is 5.52. The Morgan fingerprint density at radius 2 is 1.76 bits per heavy atom. The topological polar surface area (TPSA) is 81.3 Å². The third-order valence-corrected chi connectivity index (χ3v) is 5.43. The zero-order valence-electron chi connectivity index (χ0n) is 14.1. The highest BCUT2D eigenvalue weighted by atomic mass is 32.2. The van der Waals surface area contributed by atoms with Crippen molar-refractivity contribution in [2.75, 3.05) is 0 Å². The number of nitrogens with zero attached hydrogens (tertiary/aromatic N) is 1. The molecule has 2 aromatic carbocycles. The van der Waals surface area contributed by atoms with E-state index < -0.39 is 10.1 Å². The average Bonchev–Trinajstić information content (AvgIpc) is 2.83. The lowest BCUT2D eigenvalue weighted by atomic mass is 10.2. The van der Waals surface area contributed by atoms with Crippen LogP contribution in [0.25, 0.3) is 16.3 Å². The molecule has 0 unspecified atom stereocenters. The molecule has 0 atom stereocenters. The summed E-state index contributed by atoms with van der Waals surface area (Å²) in [6, 6.07) is 14.0. The summed E-state index contributed by atoms with van der Waals surface area (Å²) in [5.74, 6) is 0.340. The molecule has 0 saturated carbocycles. The number of aliphatic hydroxyl groups is 1. The molecule has 0 aliphatic heterocycles. The maximum absolute atomic E-state index is 10.4. The fraction of sp³-hybridized carbons (Fsp3) is 0.167. The molecule has 0 aliphatic rings. The normalized spacial score (nSPS) is 11.9. The molecule has 5 nitrogen and oxygen atoms in total. The summed E-state index contributed by atoms with van der Waals surface area (Å²) in [5, 5.41) is 10.3. The van der Waals surface area contributed by atoms with Crippen LogP contribution in [0.4, 0.5) is 0 Å². The maximum Gasteiger partial charge on any atom is 0.265 e. The number of allylic oxidation sites excluding steroid dienone is 1. The highest BCUT2D eigenvalue weighted by Gasteiger charge is 2.13. The minimum atomic E-state index is -4.27. The Morgan fingerprint density at radius 3 is 2.28 bits per heavy atom. The molecule has 0 fully saturated rings. The SMILES string of the molecule is C/C(O)=C/c1sc2ccccc2[n+]1C.Cc1ccc(S(=O)(=O)[O-])cc1. The molecular formula is C18H19NO4S2. The number of thiazole rings is 1. The second-order valence-corrected chi connectivity index (χ2v) is 7.96. The van der Waals surface area contributed by atoms with Crippen molar-refractivity contribution in [1.82, 2.24) is 0 Å². The number of aromatic nitrogens is 1. The number of benzene rings is 2. The van der Waals surface area contributed by atoms with Crippen LogP contribution in [-0.2, 0) is 17.2 Å². The summed E-state index contributed by atoms with van der Waals surface area (Å²) < 4.78 is 34.5. The number of hydrogen-bond donors (Lipinski definition) is 1. The molecule has 0 aliphatic carbocycles. The van der Waals surface area contributed by atoms with E-state index in [2.05, 4.69) is 16.7 Å². The second kappa shape index (κ2) is 7.77. The fourth-order valence-electron chi connectivity index (χ4n) is 2.13. The van der Waals surface area contributed by atoms with Crippen LogP contribution >= 0.6 is 11.3 Å². The van der Waals surface area contributed by atoms with Gasteiger partial charge in [0.05, 0.1) is 16.7 Å². The van der Waals surface area contributed by atoms with E-state index in [1.54, 1.807) is 36.5 Å². The van der Waals surface area contributed by atoms with E-state index >= 15 is 0 Å². The highest BCUT2D eigenvalue weighted by Crippen LogP contribution is 2.20. The van der Waals surface area contributed by atoms with Gasteiger partial charge in [-0.25, -0.2) is 8.42 Å². The standard InChI is InChI=1S/C11H11NOS.C7H8O3S/c1-8(13)7-11-12(2)9-5-3-4-6-10(9)14-11;1-6-2-4-7(5-3-6)11(8,9)10/h3-7H,1-2H3;2-5H,1H3,(H,8,9,10). The number of aliphatic hydroxyl groups excluding tert-OH is 1. The van der Waals surface area contributed by atoms with Gasteiger partial charge in [-0.1, -0.05) is 41.2 Å². The van der Waals surface area contributed by atoms with E-state index in [4.69, 9.17) is 0 Å². The molecule has 0 bridgehead atoms. The van der Waals surface area contributed by atoms with Crippen LogP contribution in [0, 0.1) is 6.92 Å². The molecular weight excluding hydrogens is 358 g/mol. The zero-order valence-corrected chi connectivity index (χ0v) is 15.8. The largest absolute Gasteiger partial charge is 0.744 e. The quantitative estimate of drug-likeness (QED) is 0.421. The van der Waals surface area contributed by atoms with Gasteiger partial charge in [-0.2, -0.15) is 4.57 Å². The van der Waals surface area contributed by atoms with E-state index in [0.717, 1.165) is 10.6 Å². The van der Waals surface area contributed by atoms with Gasteiger partial charge in [0.15, 0.2) is 0 Å². The molecule has 1 N–H and O–H groups in total. The minimum absolute atomic E-state index is 0.178. The predicted octanol–water partition coefficient (Wildman–Crippen LogP) is 3.54. The van der Waals surface area contributed by atoms with E-state index in [-0.39, 0.29) is 4.90 Å². The number of rotatable bonds is 2. The third-order valence-electron chi connectivity index (χ3n) is 3.41. The van der Waals surface area contributed by atoms with Crippen molar-refractivity contribution >= 4 is 37.7 Å². The van der Waals surface area contributed by atoms with Crippen LogP contribution in [0.3, 0.4) is 0 Å². The van der Waals surface area contributed by atoms with Crippen molar-refractivity contribution < 1.29 is 22.6 Å². The first-order valence-electron chi connectivity index (χ1n) is 7.46. The summed E-state index contributed by atoms with van der Waals surface area (Å²) in [4.78, 5) is -0.178. The van der Waals surface area contributed by atoms with Gasteiger partial charge in [0.2, 0.25) is 5.52 Å². The van der Waals surface area contributed by atoms with Crippen LogP contribution in [-0.4, -0.2) is 18.1 Å². The summed E-state index contributed by atoms with van der Waals surface area (Å²) in [6.07, 6.45) is 1.78. The molecule has 0 saturated heterocycles. The van der Waals surface area contributed by atoms with E-state index in [1.165, 1.54) is 22.3 Å². The molecule has 0 spiro atoms. The van der Waals surface area contributed by atoms with Crippen molar-refractivity contribution in [3.8, 4) is 0 Å². The number of hydrogen-bond acceptors (Lipinski definition) is 5. The molecule has 0 radical (unpaired) electrons. The number of para-hydroxylation sites is 1. The number of aryl methyl sites for hydroxylation is 2. The van der Waals surface area contributed by atoms with Gasteiger partial charge in [-0.15, -0.1) is 0 Å². The van der Waals surface area contributed by atoms with Crippen molar-refractivity contribution in [3.63, 3.8) is 0 Å². The molecule has 1 aromatic heterocycles. The van der Waals surface area contributed by atoms with Gasteiger partial charge < -0.3 is 9.66 Å². The Kier molecular flexibility index (Phi) is 5.94. The minimum Gasteiger partial charge on any atom is -0.744 e. The predicted molar refractivity (Wildman–Crippen MR) is 98.4 cm³/mol. The van der Waals surface area contributed by atoms with Gasteiger partial charge in [-0.05, 0) is 32.0 Å². The smallest absolute Gasteiger partial charge is 0.265 e. The lowest BCUT2D eigenvalue weighted by Crippen LogP contribution is -2.28. The van der Waals surface area contributed by atoms with E-state index in [1.807, 2.05) is 26.1 Å². The van der Waals surface area contributed by atoms with E-state index in [0.29, 0.717) is 5.76 Å². The van der Waals surface area contributed by atoms with Crippen LogP contribution in [0.1, 0.15) is 17.5 Å². The molecule has 7 heteroatoms. The Morgan fingerprint density at radius 1 is 1.16 bits per heavy atom. The maximum atomic E-state index is 10.4. The average molecular weight is 377 g/mol. The van der Waals surface area contributed by atoms with Crippen LogP contribution in [0.5, 0.6) is 0 Å². The Balaban J connectivity index is 0.000000186. The molecule has 25 heavy (non-hydrogen) atoms. The van der Waals surface area contributed by atoms with Gasteiger partial charge in [0.25, 0.3) is 5.01 Å². The van der Waals surface area contributed by atoms with Crippen molar-refractivity contribution in [2.24, 2.45) is 7.05 Å². The van der Waals surface area contributed by atoms with Crippen molar-refractivity contribution in [1.29, 1.82) is 0 Å². The summed E-state index contributed by atoms with van der Waals surface area (Å²) in [6.45, 7) is 3.51. The molecule has 1 heterocycles. The Labute approximate surface area is 151 Å². The van der Waals surface area contributed by atoms with Crippen molar-refractivity contribution in [2.45, 2.75) is 18.7 Å². The first-order chi connectivity index (χ1) is 11.7. The monoisotopic (exact) mass is 377 g/mol. The summed E-state index contributed by atoms with van der Waals surface area (Å²) in [7, 11) is -2.26. The van der Waals surface area contributed by atoms with Crippen molar-refractivity contribution in [3.05, 3.63) is 64.9 Å². The van der Waals surface area contributed by atoms with Crippen LogP contribution in [0.15, 0.2) is 59.2 Å². The fourth-order valence-corrected chi connectivity index (χ4v) is 3.75. The summed E-state index contributed by atoms with van der Waals surface area (Å²) >= 11 is 1.68. The molecule has 132 valence electrons. The number of fused-ring (bicyclic) bond motifs is 1. The molecule has 0 amide bonds. The lowest BCUT2D eigenvalue weighted by Gasteiger charge is -2.05. The first-order valence-corrected chi connectivity index (χ1v) is 9.68. The highest BCUT2D eigenvalue weighted by molar-refractivity contribution is 7.85. The lowest BCUT2D eigenvalue weighted by molar-refractivity contribution is -0.642. The van der Waals surface area contributed by atoms with Gasteiger partial charge in [0, 0.05) is 6.07 Å². The first kappa shape index (κ1) is 19.1. The van der Waals surface area contributed by atoms with Crippen LogP contribution < -0.4 is 4.57 Å². The molecule has 3 aromatic rings. The Bertz CT molecular complexity index is 999. The third kappa shape index (κ3) is 5.12. The van der Waals surface area contributed by atoms with Gasteiger partial charge in [-0.3, -0.25) is 0 Å². The van der Waals surface area contributed by atoms with E-state index in [9.17, 15) is 18.1 Å².